The molecule has 0 saturated carbocycles. The first-order chi connectivity index (χ1) is 19.3. The van der Waals surface area contributed by atoms with Crippen molar-refractivity contribution in [2.24, 2.45) is 4.99 Å². The van der Waals surface area contributed by atoms with Gasteiger partial charge in [0.1, 0.15) is 17.5 Å². The average molecular weight is 569 g/mol. The summed E-state index contributed by atoms with van der Waals surface area (Å²) in [5.74, 6) is 0.731. The predicted octanol–water partition coefficient (Wildman–Crippen LogP) is 3.32. The van der Waals surface area contributed by atoms with Gasteiger partial charge < -0.3 is 28.8 Å². The van der Waals surface area contributed by atoms with Crippen molar-refractivity contribution < 1.29 is 33.6 Å². The van der Waals surface area contributed by atoms with Crippen molar-refractivity contribution in [1.29, 1.82) is 0 Å². The number of rotatable bonds is 10. The van der Waals surface area contributed by atoms with Crippen molar-refractivity contribution in [3.05, 3.63) is 72.4 Å². The van der Waals surface area contributed by atoms with Crippen molar-refractivity contribution in [2.45, 2.75) is 32.7 Å². The lowest BCUT2D eigenvalue weighted by atomic mass is 9.93. The van der Waals surface area contributed by atoms with Crippen LogP contribution in [0.25, 0.3) is 6.08 Å². The third-order valence-corrected chi connectivity index (χ3v) is 7.41. The number of methoxy groups -OCH3 is 4. The second kappa shape index (κ2) is 12.3. The lowest BCUT2D eigenvalue weighted by Crippen LogP contribution is -2.40. The number of nitrogens with zero attached hydrogens (tertiary/aromatic N) is 2. The molecule has 40 heavy (non-hydrogen) atoms. The maximum atomic E-state index is 14.0. The second-order valence-electron chi connectivity index (χ2n) is 8.80. The van der Waals surface area contributed by atoms with E-state index in [4.69, 9.17) is 28.7 Å². The number of hydrogen-bond donors (Lipinski definition) is 1. The molecule has 2 heterocycles. The van der Waals surface area contributed by atoms with Gasteiger partial charge in [0, 0.05) is 5.56 Å². The Balaban J connectivity index is 2.05. The number of benzene rings is 2. The Morgan fingerprint density at radius 3 is 2.27 bits per heavy atom. The summed E-state index contributed by atoms with van der Waals surface area (Å²) >= 11 is 1.19. The molecule has 11 heteroatoms. The molecule has 1 aliphatic rings. The highest BCUT2D eigenvalue weighted by atomic mass is 32.1. The summed E-state index contributed by atoms with van der Waals surface area (Å²) in [6.45, 7) is 3.89. The van der Waals surface area contributed by atoms with Gasteiger partial charge in [-0.1, -0.05) is 24.7 Å². The highest BCUT2D eigenvalue weighted by molar-refractivity contribution is 7.07. The highest BCUT2D eigenvalue weighted by Gasteiger charge is 2.36. The fraction of sp³-hybridized carbons (Fsp3) is 0.345. The Bertz CT molecular complexity index is 1610. The van der Waals surface area contributed by atoms with Crippen molar-refractivity contribution in [3.63, 3.8) is 0 Å². The third kappa shape index (κ3) is 5.29. The summed E-state index contributed by atoms with van der Waals surface area (Å²) in [4.78, 5) is 32.7. The van der Waals surface area contributed by atoms with Crippen molar-refractivity contribution in [2.75, 3.05) is 35.0 Å². The van der Waals surface area contributed by atoms with E-state index >= 15 is 0 Å². The number of aromatic hydroxyl groups is 1. The summed E-state index contributed by atoms with van der Waals surface area (Å²) in [5, 5.41) is 10.3. The standard InChI is InChI=1S/C29H32N2O8S/c1-7-9-19-24(28(34)39-8-2)25(18-15-17(35-3)10-11-20(18)36-4)31-27(33)23(40-29(31)30-19)14-16-12-21(37-5)26(32)22(13-16)38-6/h10-15,25,32H,7-9H2,1-6H3/b23-14+/t25-/m1/s1. The molecule has 0 bridgehead atoms. The summed E-state index contributed by atoms with van der Waals surface area (Å²) in [6, 6.07) is 7.58. The Morgan fingerprint density at radius 2 is 1.70 bits per heavy atom. The Labute approximate surface area is 235 Å². The van der Waals surface area contributed by atoms with E-state index in [1.54, 1.807) is 50.4 Å². The number of carbonyl (C=O) groups is 1. The van der Waals surface area contributed by atoms with Gasteiger partial charge in [-0.2, -0.15) is 0 Å². The number of thiazole rings is 1. The van der Waals surface area contributed by atoms with Crippen LogP contribution in [0.2, 0.25) is 0 Å². The molecule has 0 fully saturated rings. The smallest absolute Gasteiger partial charge is 0.338 e. The number of phenols is 1. The molecular weight excluding hydrogens is 536 g/mol. The van der Waals surface area contributed by atoms with Crippen molar-refractivity contribution in [1.82, 2.24) is 4.57 Å². The normalized spacial score (nSPS) is 14.8. The minimum atomic E-state index is -0.868. The largest absolute Gasteiger partial charge is 0.502 e. The summed E-state index contributed by atoms with van der Waals surface area (Å²) in [6.07, 6.45) is 2.90. The maximum Gasteiger partial charge on any atom is 0.338 e. The van der Waals surface area contributed by atoms with Gasteiger partial charge in [0.05, 0.1) is 50.8 Å². The number of ether oxygens (including phenoxy) is 5. The molecule has 1 N–H and O–H groups in total. The number of hydrogen-bond acceptors (Lipinski definition) is 10. The van der Waals surface area contributed by atoms with E-state index < -0.39 is 12.0 Å². The molecule has 3 aromatic rings. The fourth-order valence-electron chi connectivity index (χ4n) is 4.62. The maximum absolute atomic E-state index is 14.0. The first kappa shape index (κ1) is 28.8. The van der Waals surface area contributed by atoms with Crippen LogP contribution in [0.3, 0.4) is 0 Å². The molecule has 0 amide bonds. The lowest BCUT2D eigenvalue weighted by Gasteiger charge is -2.27. The van der Waals surface area contributed by atoms with Crippen molar-refractivity contribution >= 4 is 23.4 Å². The Hall–Kier alpha value is -4.25. The molecule has 0 unspecified atom stereocenters. The first-order valence-corrected chi connectivity index (χ1v) is 13.5. The number of allylic oxidation sites excluding steroid dienone is 1. The molecule has 0 radical (unpaired) electrons. The van der Waals surface area contributed by atoms with E-state index in [0.717, 1.165) is 6.42 Å². The SMILES string of the molecule is CCCC1=C(C(=O)OCC)[C@@H](c2cc(OC)ccc2OC)n2c(s/c(=C/c3cc(OC)c(O)c(OC)c3)c2=O)=N1. The van der Waals surface area contributed by atoms with E-state index in [-0.39, 0.29) is 35.0 Å². The third-order valence-electron chi connectivity index (χ3n) is 6.42. The monoisotopic (exact) mass is 568 g/mol. The average Bonchev–Trinajstić information content (AvgIpc) is 3.26. The molecule has 0 aliphatic carbocycles. The van der Waals surface area contributed by atoms with Crippen LogP contribution in [-0.2, 0) is 9.53 Å². The molecule has 1 aromatic heterocycles. The molecule has 2 aromatic carbocycles. The fourth-order valence-corrected chi connectivity index (χ4v) is 5.64. The number of carbonyl (C=O) groups excluding carboxylic acids is 1. The van der Waals surface area contributed by atoms with Gasteiger partial charge in [-0.05, 0) is 55.3 Å². The number of phenolic OH excluding ortho intramolecular Hbond substituents is 1. The van der Waals surface area contributed by atoms with E-state index in [1.807, 2.05) is 6.92 Å². The zero-order chi connectivity index (χ0) is 29.0. The molecular formula is C29H32N2O8S. The van der Waals surface area contributed by atoms with Gasteiger partial charge in [-0.15, -0.1) is 0 Å². The van der Waals surface area contributed by atoms with Crippen LogP contribution >= 0.6 is 11.3 Å². The summed E-state index contributed by atoms with van der Waals surface area (Å²) in [5.41, 5.74) is 1.61. The molecule has 212 valence electrons. The van der Waals surface area contributed by atoms with Crippen LogP contribution in [0.15, 0.2) is 51.4 Å². The predicted molar refractivity (Wildman–Crippen MR) is 150 cm³/mol. The van der Waals surface area contributed by atoms with E-state index in [1.165, 1.54) is 37.2 Å². The molecule has 0 saturated heterocycles. The van der Waals surface area contributed by atoms with Gasteiger partial charge >= 0.3 is 5.97 Å². The highest BCUT2D eigenvalue weighted by Crippen LogP contribution is 2.39. The minimum Gasteiger partial charge on any atom is -0.502 e. The van der Waals surface area contributed by atoms with Gasteiger partial charge in [0.15, 0.2) is 16.3 Å². The minimum absolute atomic E-state index is 0.142. The van der Waals surface area contributed by atoms with Crippen LogP contribution in [0, 0.1) is 0 Å². The number of fused-ring (bicyclic) bond motifs is 1. The zero-order valence-electron chi connectivity index (χ0n) is 23.3. The van der Waals surface area contributed by atoms with Crippen LogP contribution < -0.4 is 33.8 Å². The Kier molecular flexibility index (Phi) is 8.83. The van der Waals surface area contributed by atoms with Gasteiger partial charge in [0.2, 0.25) is 5.75 Å². The van der Waals surface area contributed by atoms with Crippen LogP contribution in [0.1, 0.15) is 43.9 Å². The number of esters is 1. The summed E-state index contributed by atoms with van der Waals surface area (Å²) in [7, 11) is 5.93. The van der Waals surface area contributed by atoms with Gasteiger partial charge in [0.25, 0.3) is 5.56 Å². The van der Waals surface area contributed by atoms with E-state index in [0.29, 0.717) is 44.1 Å². The van der Waals surface area contributed by atoms with Crippen LogP contribution in [0.5, 0.6) is 28.7 Å². The van der Waals surface area contributed by atoms with Crippen molar-refractivity contribution in [3.8, 4) is 28.7 Å². The lowest BCUT2D eigenvalue weighted by molar-refractivity contribution is -0.139. The molecule has 1 aliphatic heterocycles. The molecule has 1 atom stereocenters. The van der Waals surface area contributed by atoms with Crippen LogP contribution in [0.4, 0.5) is 0 Å². The Morgan fingerprint density at radius 1 is 1.02 bits per heavy atom. The molecule has 0 spiro atoms. The zero-order valence-corrected chi connectivity index (χ0v) is 24.1. The molecule has 10 nitrogen and oxygen atoms in total. The van der Waals surface area contributed by atoms with Crippen LogP contribution in [-0.4, -0.2) is 50.7 Å². The molecule has 4 rings (SSSR count). The quantitative estimate of drug-likeness (QED) is 0.370. The summed E-state index contributed by atoms with van der Waals surface area (Å²) < 4.78 is 29.0. The van der Waals surface area contributed by atoms with E-state index in [2.05, 4.69) is 0 Å². The van der Waals surface area contributed by atoms with Gasteiger partial charge in [-0.3, -0.25) is 9.36 Å². The second-order valence-corrected chi connectivity index (χ2v) is 9.80. The van der Waals surface area contributed by atoms with Gasteiger partial charge in [-0.25, -0.2) is 9.79 Å². The first-order valence-electron chi connectivity index (χ1n) is 12.7. The topological polar surface area (TPSA) is 118 Å². The number of aromatic nitrogens is 1. The van der Waals surface area contributed by atoms with E-state index in [9.17, 15) is 14.7 Å².